The van der Waals surface area contributed by atoms with Crippen molar-refractivity contribution in [2.24, 2.45) is 0 Å². The molecular weight excluding hydrogens is 330 g/mol. The average molecular weight is 351 g/mol. The molecule has 1 saturated heterocycles. The van der Waals surface area contributed by atoms with Crippen LogP contribution in [0, 0.1) is 0 Å². The summed E-state index contributed by atoms with van der Waals surface area (Å²) < 4.78 is 0. The summed E-state index contributed by atoms with van der Waals surface area (Å²) in [6, 6.07) is 9.36. The number of hydrogen-bond donors (Lipinski definition) is 2. The van der Waals surface area contributed by atoms with Crippen LogP contribution in [0.3, 0.4) is 0 Å². The molecule has 2 amide bonds. The van der Waals surface area contributed by atoms with E-state index < -0.39 is 0 Å². The second kappa shape index (κ2) is 8.75. The van der Waals surface area contributed by atoms with E-state index in [1.54, 1.807) is 29.4 Å². The van der Waals surface area contributed by atoms with Crippen LogP contribution in [0.5, 0.6) is 0 Å². The summed E-state index contributed by atoms with van der Waals surface area (Å²) in [5.74, 6) is 0.538. The van der Waals surface area contributed by atoms with E-state index in [4.69, 9.17) is 0 Å². The molecule has 7 heteroatoms. The van der Waals surface area contributed by atoms with Crippen molar-refractivity contribution in [3.63, 3.8) is 0 Å². The maximum Gasteiger partial charge on any atom is 0.244 e. The number of amides is 2. The van der Waals surface area contributed by atoms with E-state index in [0.29, 0.717) is 25.5 Å². The summed E-state index contributed by atoms with van der Waals surface area (Å²) >= 11 is 0. The Morgan fingerprint density at radius 1 is 1.15 bits per heavy atom. The first-order valence-electron chi connectivity index (χ1n) is 8.59. The monoisotopic (exact) mass is 351 g/mol. The zero-order valence-corrected chi connectivity index (χ0v) is 14.4. The Labute approximate surface area is 152 Å². The van der Waals surface area contributed by atoms with E-state index in [9.17, 15) is 9.59 Å². The quantitative estimate of drug-likeness (QED) is 0.587. The Morgan fingerprint density at radius 3 is 2.62 bits per heavy atom. The summed E-state index contributed by atoms with van der Waals surface area (Å²) in [5.41, 5.74) is 1.81. The summed E-state index contributed by atoms with van der Waals surface area (Å²) in [4.78, 5) is 33.4. The number of nitrogens with one attached hydrogen (secondary N) is 2. The summed E-state index contributed by atoms with van der Waals surface area (Å²) in [6.45, 7) is 1.79. The van der Waals surface area contributed by atoms with Crippen LogP contribution in [-0.4, -0.2) is 41.4 Å². The number of nitrogens with zero attached hydrogens (tertiary/aromatic N) is 3. The molecule has 1 aliphatic rings. The lowest BCUT2D eigenvalue weighted by Gasteiger charge is -2.15. The Kier molecular flexibility index (Phi) is 5.92. The zero-order valence-electron chi connectivity index (χ0n) is 14.4. The summed E-state index contributed by atoms with van der Waals surface area (Å²) in [6.07, 6.45) is 8.08. The number of hydrogen-bond acceptors (Lipinski definition) is 5. The maximum absolute atomic E-state index is 11.8. The second-order valence-corrected chi connectivity index (χ2v) is 5.86. The molecule has 1 aromatic heterocycles. The highest BCUT2D eigenvalue weighted by Crippen LogP contribution is 2.21. The van der Waals surface area contributed by atoms with Gasteiger partial charge in [-0.1, -0.05) is 12.1 Å². The second-order valence-electron chi connectivity index (χ2n) is 5.86. The molecule has 2 heterocycles. The fourth-order valence-corrected chi connectivity index (χ4v) is 2.67. The van der Waals surface area contributed by atoms with Crippen LogP contribution in [0.1, 0.15) is 18.4 Å². The molecule has 1 aliphatic heterocycles. The minimum Gasteiger partial charge on any atom is -0.352 e. The first kappa shape index (κ1) is 17.6. The van der Waals surface area contributed by atoms with Crippen molar-refractivity contribution in [3.8, 4) is 0 Å². The van der Waals surface area contributed by atoms with E-state index in [0.717, 1.165) is 24.2 Å². The fourth-order valence-electron chi connectivity index (χ4n) is 2.67. The van der Waals surface area contributed by atoms with Gasteiger partial charge in [0.15, 0.2) is 0 Å². The number of carbonyl (C=O) groups excluding carboxylic acids is 2. The van der Waals surface area contributed by atoms with E-state index in [2.05, 4.69) is 20.6 Å². The SMILES string of the molecule is O=C(/C=C\c1ccc(N2CCCC2=O)cc1)NCCNc1ncccn1. The number of rotatable bonds is 7. The number of carbonyl (C=O) groups is 2. The van der Waals surface area contributed by atoms with Crippen molar-refractivity contribution >= 4 is 29.5 Å². The summed E-state index contributed by atoms with van der Waals surface area (Å²) in [5, 5.41) is 5.81. The van der Waals surface area contributed by atoms with Crippen molar-refractivity contribution in [1.82, 2.24) is 15.3 Å². The number of benzene rings is 1. The zero-order chi connectivity index (χ0) is 18.2. The highest BCUT2D eigenvalue weighted by molar-refractivity contribution is 5.95. The molecule has 0 bridgehead atoms. The lowest BCUT2D eigenvalue weighted by molar-refractivity contribution is -0.117. The van der Waals surface area contributed by atoms with Crippen LogP contribution in [0.2, 0.25) is 0 Å². The van der Waals surface area contributed by atoms with Crippen LogP contribution in [0.25, 0.3) is 6.08 Å². The Hall–Kier alpha value is -3.22. The van der Waals surface area contributed by atoms with Gasteiger partial charge in [0.1, 0.15) is 0 Å². The molecule has 2 aromatic rings. The Balaban J connectivity index is 1.42. The molecule has 0 aliphatic carbocycles. The van der Waals surface area contributed by atoms with Crippen molar-refractivity contribution in [1.29, 1.82) is 0 Å². The normalized spacial score (nSPS) is 14.0. The molecule has 134 valence electrons. The topological polar surface area (TPSA) is 87.2 Å². The van der Waals surface area contributed by atoms with Gasteiger partial charge in [0.25, 0.3) is 0 Å². The number of anilines is 2. The van der Waals surface area contributed by atoms with Gasteiger partial charge in [-0.3, -0.25) is 9.59 Å². The third-order valence-electron chi connectivity index (χ3n) is 3.98. The van der Waals surface area contributed by atoms with Crippen LogP contribution >= 0.6 is 0 Å². The molecule has 0 unspecified atom stereocenters. The highest BCUT2D eigenvalue weighted by Gasteiger charge is 2.21. The molecule has 1 fully saturated rings. The molecule has 0 spiro atoms. The number of aromatic nitrogens is 2. The summed E-state index contributed by atoms with van der Waals surface area (Å²) in [7, 11) is 0. The molecule has 26 heavy (non-hydrogen) atoms. The van der Waals surface area contributed by atoms with Gasteiger partial charge in [0.2, 0.25) is 17.8 Å². The Bertz CT molecular complexity index is 774. The minimum atomic E-state index is -0.167. The van der Waals surface area contributed by atoms with Crippen molar-refractivity contribution in [2.45, 2.75) is 12.8 Å². The van der Waals surface area contributed by atoms with Crippen LogP contribution < -0.4 is 15.5 Å². The third-order valence-corrected chi connectivity index (χ3v) is 3.98. The van der Waals surface area contributed by atoms with Gasteiger partial charge < -0.3 is 15.5 Å². The van der Waals surface area contributed by atoms with Gasteiger partial charge >= 0.3 is 0 Å². The first-order valence-corrected chi connectivity index (χ1v) is 8.59. The average Bonchev–Trinajstić information content (AvgIpc) is 3.11. The largest absolute Gasteiger partial charge is 0.352 e. The molecular formula is C19H21N5O2. The third kappa shape index (κ3) is 4.89. The van der Waals surface area contributed by atoms with Gasteiger partial charge in [0.05, 0.1) is 0 Å². The van der Waals surface area contributed by atoms with Gasteiger partial charge in [-0.2, -0.15) is 0 Å². The lowest BCUT2D eigenvalue weighted by Crippen LogP contribution is -2.27. The van der Waals surface area contributed by atoms with Crippen molar-refractivity contribution in [2.75, 3.05) is 29.9 Å². The van der Waals surface area contributed by atoms with Crippen LogP contribution in [0.15, 0.2) is 48.8 Å². The van der Waals surface area contributed by atoms with Crippen LogP contribution in [0.4, 0.5) is 11.6 Å². The van der Waals surface area contributed by atoms with E-state index in [1.165, 1.54) is 6.08 Å². The lowest BCUT2D eigenvalue weighted by atomic mass is 10.2. The van der Waals surface area contributed by atoms with Crippen LogP contribution in [-0.2, 0) is 9.59 Å². The van der Waals surface area contributed by atoms with Gasteiger partial charge in [-0.25, -0.2) is 9.97 Å². The fraction of sp³-hybridized carbons (Fsp3) is 0.263. The first-order chi connectivity index (χ1) is 12.7. The van der Waals surface area contributed by atoms with Gasteiger partial charge in [-0.05, 0) is 36.3 Å². The highest BCUT2D eigenvalue weighted by atomic mass is 16.2. The van der Waals surface area contributed by atoms with Gasteiger partial charge in [-0.15, -0.1) is 0 Å². The van der Waals surface area contributed by atoms with E-state index in [-0.39, 0.29) is 11.8 Å². The molecule has 1 aromatic carbocycles. The standard InChI is InChI=1S/C19H21N5O2/c25-17(20-12-13-23-19-21-10-2-11-22-19)9-6-15-4-7-16(8-5-15)24-14-1-3-18(24)26/h2,4-11H,1,3,12-14H2,(H,20,25)(H,21,22,23)/b9-6-. The predicted molar refractivity (Wildman–Crippen MR) is 101 cm³/mol. The molecule has 2 N–H and O–H groups in total. The van der Waals surface area contributed by atoms with E-state index in [1.807, 2.05) is 24.3 Å². The van der Waals surface area contributed by atoms with E-state index >= 15 is 0 Å². The van der Waals surface area contributed by atoms with Gasteiger partial charge in [0, 0.05) is 50.2 Å². The molecule has 3 rings (SSSR count). The smallest absolute Gasteiger partial charge is 0.244 e. The minimum absolute atomic E-state index is 0.167. The predicted octanol–water partition coefficient (Wildman–Crippen LogP) is 1.84. The Morgan fingerprint density at radius 2 is 1.92 bits per heavy atom. The molecule has 0 atom stereocenters. The molecule has 0 radical (unpaired) electrons. The van der Waals surface area contributed by atoms with Crippen molar-refractivity contribution in [3.05, 3.63) is 54.4 Å². The molecule has 7 nitrogen and oxygen atoms in total. The van der Waals surface area contributed by atoms with Crippen molar-refractivity contribution < 1.29 is 9.59 Å². The molecule has 0 saturated carbocycles. The maximum atomic E-state index is 11.8.